The summed E-state index contributed by atoms with van der Waals surface area (Å²) in [5.74, 6) is -2.26. The monoisotopic (exact) mass is 395 g/mol. The van der Waals surface area contributed by atoms with E-state index in [9.17, 15) is 27.2 Å². The number of pyridine rings is 1. The van der Waals surface area contributed by atoms with Gasteiger partial charge in [-0.15, -0.1) is 0 Å². The number of fused-ring (bicyclic) bond motifs is 3. The molecule has 0 spiro atoms. The van der Waals surface area contributed by atoms with Crippen molar-refractivity contribution in [1.82, 2.24) is 19.9 Å². The Morgan fingerprint density at radius 2 is 1.93 bits per heavy atom. The van der Waals surface area contributed by atoms with Crippen LogP contribution in [0.15, 0.2) is 24.5 Å². The Morgan fingerprint density at radius 1 is 1.21 bits per heavy atom. The number of hydrogen-bond donors (Lipinski definition) is 1. The standard InChI is InChI=1S/C17H13F4N5O2/c18-8-5-22-16(23-6-8)25-13(27)7-26-11-3-1-9(11)14-10(15(26)28)2-4-12(24-14)17(19,20)21/h2,4-6,9,11H,1,3,7H2,(H,22,23,25,27)/t9-,11+/m0/s1. The maximum absolute atomic E-state index is 12.9. The molecule has 0 unspecified atom stereocenters. The Kier molecular flexibility index (Phi) is 4.24. The van der Waals surface area contributed by atoms with Gasteiger partial charge < -0.3 is 4.90 Å². The zero-order valence-electron chi connectivity index (χ0n) is 14.2. The summed E-state index contributed by atoms with van der Waals surface area (Å²) < 4.78 is 51.6. The van der Waals surface area contributed by atoms with Crippen LogP contribution in [0.25, 0.3) is 0 Å². The molecule has 0 radical (unpaired) electrons. The number of carbonyl (C=O) groups excluding carboxylic acids is 2. The van der Waals surface area contributed by atoms with Crippen LogP contribution < -0.4 is 5.32 Å². The zero-order valence-corrected chi connectivity index (χ0v) is 14.2. The van der Waals surface area contributed by atoms with E-state index in [4.69, 9.17) is 0 Å². The Bertz CT molecular complexity index is 948. The minimum Gasteiger partial charge on any atom is -0.326 e. The van der Waals surface area contributed by atoms with Crippen LogP contribution in [-0.2, 0) is 11.0 Å². The van der Waals surface area contributed by atoms with Gasteiger partial charge in [0.2, 0.25) is 11.9 Å². The molecule has 28 heavy (non-hydrogen) atoms. The molecule has 146 valence electrons. The second-order valence-corrected chi connectivity index (χ2v) is 6.58. The molecule has 2 aromatic rings. The second kappa shape index (κ2) is 6.50. The number of alkyl halides is 3. The first kappa shape index (κ1) is 18.3. The van der Waals surface area contributed by atoms with E-state index in [1.54, 1.807) is 0 Å². The Morgan fingerprint density at radius 3 is 2.54 bits per heavy atom. The maximum atomic E-state index is 12.9. The molecule has 3 heterocycles. The van der Waals surface area contributed by atoms with Crippen LogP contribution in [0.1, 0.15) is 40.5 Å². The van der Waals surface area contributed by atoms with Gasteiger partial charge in [-0.2, -0.15) is 13.2 Å². The number of carbonyl (C=O) groups is 2. The summed E-state index contributed by atoms with van der Waals surface area (Å²) in [6.45, 7) is -0.318. The molecule has 11 heteroatoms. The van der Waals surface area contributed by atoms with Gasteiger partial charge in [0.25, 0.3) is 5.91 Å². The summed E-state index contributed by atoms with van der Waals surface area (Å²) in [7, 11) is 0. The fourth-order valence-corrected chi connectivity index (χ4v) is 3.46. The zero-order chi connectivity index (χ0) is 20.1. The quantitative estimate of drug-likeness (QED) is 0.807. The van der Waals surface area contributed by atoms with Crippen molar-refractivity contribution in [2.75, 3.05) is 11.9 Å². The van der Waals surface area contributed by atoms with Crippen LogP contribution in [-0.4, -0.2) is 44.3 Å². The minimum atomic E-state index is -4.59. The number of amides is 2. The summed E-state index contributed by atoms with van der Waals surface area (Å²) >= 11 is 0. The number of rotatable bonds is 3. The molecule has 7 nitrogen and oxygen atoms in total. The van der Waals surface area contributed by atoms with Crippen molar-refractivity contribution in [3.63, 3.8) is 0 Å². The third-order valence-electron chi connectivity index (χ3n) is 4.88. The van der Waals surface area contributed by atoms with E-state index in [0.29, 0.717) is 12.8 Å². The summed E-state index contributed by atoms with van der Waals surface area (Å²) in [5.41, 5.74) is -0.835. The summed E-state index contributed by atoms with van der Waals surface area (Å²) in [6.07, 6.45) is -1.68. The van der Waals surface area contributed by atoms with Crippen molar-refractivity contribution in [3.8, 4) is 0 Å². The van der Waals surface area contributed by atoms with Gasteiger partial charge in [0.15, 0.2) is 5.82 Å². The van der Waals surface area contributed by atoms with E-state index >= 15 is 0 Å². The van der Waals surface area contributed by atoms with E-state index in [0.717, 1.165) is 24.5 Å². The molecule has 1 aliphatic carbocycles. The molecule has 4 rings (SSSR count). The predicted octanol–water partition coefficient (Wildman–Crippen LogP) is 2.37. The van der Waals surface area contributed by atoms with E-state index < -0.39 is 35.5 Å². The Hall–Kier alpha value is -3.11. The van der Waals surface area contributed by atoms with Crippen molar-refractivity contribution in [2.24, 2.45) is 0 Å². The van der Waals surface area contributed by atoms with Crippen molar-refractivity contribution in [1.29, 1.82) is 0 Å². The van der Waals surface area contributed by atoms with E-state index in [2.05, 4.69) is 20.3 Å². The molecule has 0 saturated heterocycles. The van der Waals surface area contributed by atoms with Gasteiger partial charge in [-0.25, -0.2) is 19.3 Å². The average molecular weight is 395 g/mol. The minimum absolute atomic E-state index is 0.0692. The highest BCUT2D eigenvalue weighted by Crippen LogP contribution is 2.45. The summed E-state index contributed by atoms with van der Waals surface area (Å²) in [4.78, 5) is 37.2. The Balaban J connectivity index is 1.55. The number of nitrogens with one attached hydrogen (secondary N) is 1. The van der Waals surface area contributed by atoms with Crippen LogP contribution in [0, 0.1) is 5.82 Å². The van der Waals surface area contributed by atoms with Gasteiger partial charge in [0, 0.05) is 12.0 Å². The van der Waals surface area contributed by atoms with Crippen LogP contribution in [0.5, 0.6) is 0 Å². The van der Waals surface area contributed by atoms with Gasteiger partial charge in [-0.3, -0.25) is 14.9 Å². The largest absolute Gasteiger partial charge is 0.433 e. The Labute approximate surface area is 155 Å². The molecule has 2 amide bonds. The number of aromatic nitrogens is 3. The first-order valence-corrected chi connectivity index (χ1v) is 8.40. The maximum Gasteiger partial charge on any atom is 0.433 e. The predicted molar refractivity (Wildman–Crippen MR) is 86.7 cm³/mol. The lowest BCUT2D eigenvalue weighted by Gasteiger charge is -2.47. The fraction of sp³-hybridized carbons (Fsp3) is 0.353. The highest BCUT2D eigenvalue weighted by atomic mass is 19.4. The van der Waals surface area contributed by atoms with Crippen molar-refractivity contribution in [2.45, 2.75) is 31.0 Å². The van der Waals surface area contributed by atoms with E-state index in [1.165, 1.54) is 4.90 Å². The van der Waals surface area contributed by atoms with Gasteiger partial charge in [-0.05, 0) is 25.0 Å². The van der Waals surface area contributed by atoms with Crippen LogP contribution in [0.3, 0.4) is 0 Å². The summed E-state index contributed by atoms with van der Waals surface area (Å²) in [5, 5.41) is 2.36. The number of hydrogen-bond acceptors (Lipinski definition) is 5. The van der Waals surface area contributed by atoms with Gasteiger partial charge in [0.1, 0.15) is 12.2 Å². The lowest BCUT2D eigenvalue weighted by molar-refractivity contribution is -0.141. The first-order valence-electron chi connectivity index (χ1n) is 8.40. The smallest absolute Gasteiger partial charge is 0.326 e. The van der Waals surface area contributed by atoms with Gasteiger partial charge in [0.05, 0.1) is 23.7 Å². The molecule has 0 aromatic carbocycles. The molecule has 1 aliphatic heterocycles. The topological polar surface area (TPSA) is 88.1 Å². The molecule has 2 atom stereocenters. The van der Waals surface area contributed by atoms with Gasteiger partial charge >= 0.3 is 6.18 Å². The lowest BCUT2D eigenvalue weighted by Crippen LogP contribution is -2.55. The second-order valence-electron chi connectivity index (χ2n) is 6.58. The SMILES string of the molecule is O=C(CN1C(=O)c2ccc(C(F)(F)F)nc2[C@H]2CC[C@H]21)Nc1ncc(F)cn1. The third-order valence-corrected chi connectivity index (χ3v) is 4.88. The number of halogens is 4. The van der Waals surface area contributed by atoms with Gasteiger partial charge in [-0.1, -0.05) is 0 Å². The van der Waals surface area contributed by atoms with E-state index in [1.807, 2.05) is 0 Å². The normalized spacial score (nSPS) is 20.9. The van der Waals surface area contributed by atoms with Crippen molar-refractivity contribution < 1.29 is 27.2 Å². The number of nitrogens with zero attached hydrogens (tertiary/aromatic N) is 4. The molecule has 0 bridgehead atoms. The summed E-state index contributed by atoms with van der Waals surface area (Å²) in [6, 6.07) is 1.48. The van der Waals surface area contributed by atoms with Crippen LogP contribution in [0.4, 0.5) is 23.5 Å². The van der Waals surface area contributed by atoms with Crippen LogP contribution in [0.2, 0.25) is 0 Å². The highest BCUT2D eigenvalue weighted by Gasteiger charge is 2.47. The van der Waals surface area contributed by atoms with E-state index in [-0.39, 0.29) is 29.7 Å². The number of anilines is 1. The molecule has 1 fully saturated rings. The van der Waals surface area contributed by atoms with Crippen molar-refractivity contribution in [3.05, 3.63) is 47.3 Å². The average Bonchev–Trinajstić information content (AvgIpc) is 2.60. The third kappa shape index (κ3) is 3.16. The molecule has 2 aromatic heterocycles. The molecular weight excluding hydrogens is 382 g/mol. The molecule has 1 N–H and O–H groups in total. The first-order chi connectivity index (χ1) is 13.2. The van der Waals surface area contributed by atoms with Crippen molar-refractivity contribution >= 4 is 17.8 Å². The fourth-order valence-electron chi connectivity index (χ4n) is 3.46. The highest BCUT2D eigenvalue weighted by molar-refractivity contribution is 6.01. The molecule has 1 saturated carbocycles. The van der Waals surface area contributed by atoms with Crippen LogP contribution >= 0.6 is 0 Å². The molecular formula is C17H13F4N5O2. The molecule has 2 aliphatic rings. The lowest BCUT2D eigenvalue weighted by atomic mass is 9.72.